The molecule has 1 rings (SSSR count). The zero-order valence-electron chi connectivity index (χ0n) is 6.02. The molecule has 12 heavy (non-hydrogen) atoms. The van der Waals surface area contributed by atoms with Crippen LogP contribution >= 0.6 is 0 Å². The Hall–Kier alpha value is -1.91. The van der Waals surface area contributed by atoms with Crippen LogP contribution in [0, 0.1) is 0 Å². The van der Waals surface area contributed by atoms with Crippen LogP contribution in [0.1, 0.15) is 10.4 Å². The maximum absolute atomic E-state index is 10.9. The van der Waals surface area contributed by atoms with Crippen molar-refractivity contribution in [3.8, 4) is 0 Å². The highest BCUT2D eigenvalue weighted by molar-refractivity contribution is 6.02. The van der Waals surface area contributed by atoms with Crippen molar-refractivity contribution < 1.29 is 14.7 Å². The summed E-state index contributed by atoms with van der Waals surface area (Å²) in [5.74, 6) is -0.648. The van der Waals surface area contributed by atoms with Gasteiger partial charge >= 0.3 is 6.09 Å². The number of hydrogen-bond acceptors (Lipinski definition) is 3. The molecular formula is C7H6N2O3. The predicted molar refractivity (Wildman–Crippen MR) is 39.7 cm³/mol. The summed E-state index contributed by atoms with van der Waals surface area (Å²) >= 11 is 0. The zero-order chi connectivity index (χ0) is 8.97. The van der Waals surface area contributed by atoms with Gasteiger partial charge in [0.25, 0.3) is 5.91 Å². The summed E-state index contributed by atoms with van der Waals surface area (Å²) in [6, 6.07) is 2.86. The van der Waals surface area contributed by atoms with E-state index in [1.807, 2.05) is 0 Å². The number of amides is 2. The lowest BCUT2D eigenvalue weighted by atomic mass is 10.2. The fourth-order valence-corrected chi connectivity index (χ4v) is 0.673. The first-order valence-electron chi connectivity index (χ1n) is 3.14. The molecule has 62 valence electrons. The number of hydrogen-bond donors (Lipinski definition) is 2. The number of carboxylic acid groups (broad SMARTS) is 1. The minimum Gasteiger partial charge on any atom is -0.465 e. The second-order valence-electron chi connectivity index (χ2n) is 2.00. The number of carbonyl (C=O) groups is 2. The van der Waals surface area contributed by atoms with Crippen LogP contribution in [0.4, 0.5) is 4.79 Å². The molecule has 2 N–H and O–H groups in total. The number of rotatable bonds is 1. The van der Waals surface area contributed by atoms with Gasteiger partial charge in [-0.1, -0.05) is 0 Å². The molecule has 0 aliphatic carbocycles. The van der Waals surface area contributed by atoms with E-state index < -0.39 is 12.0 Å². The Balaban J connectivity index is 2.73. The Labute approximate surface area is 68.0 Å². The van der Waals surface area contributed by atoms with Crippen molar-refractivity contribution in [1.82, 2.24) is 10.3 Å². The van der Waals surface area contributed by atoms with Gasteiger partial charge in [0.15, 0.2) is 0 Å². The van der Waals surface area contributed by atoms with E-state index in [4.69, 9.17) is 5.11 Å². The number of pyridine rings is 1. The Morgan fingerprint density at radius 2 is 1.92 bits per heavy atom. The first-order valence-corrected chi connectivity index (χ1v) is 3.14. The highest BCUT2D eigenvalue weighted by atomic mass is 16.4. The molecule has 0 aliphatic heterocycles. The van der Waals surface area contributed by atoms with Gasteiger partial charge in [0, 0.05) is 18.0 Å². The minimum absolute atomic E-state index is 0.271. The topological polar surface area (TPSA) is 79.3 Å². The Bertz CT molecular complexity index is 297. The average molecular weight is 166 g/mol. The molecule has 1 aromatic rings. The molecule has 0 unspecified atom stereocenters. The summed E-state index contributed by atoms with van der Waals surface area (Å²) in [6.07, 6.45) is 1.46. The van der Waals surface area contributed by atoms with Gasteiger partial charge in [-0.3, -0.25) is 15.1 Å². The molecule has 0 atom stereocenters. The second kappa shape index (κ2) is 3.47. The second-order valence-corrected chi connectivity index (χ2v) is 2.00. The van der Waals surface area contributed by atoms with Crippen LogP contribution in [-0.4, -0.2) is 22.1 Å². The van der Waals surface area contributed by atoms with Gasteiger partial charge in [-0.2, -0.15) is 0 Å². The van der Waals surface area contributed by atoms with Gasteiger partial charge in [0.2, 0.25) is 0 Å². The highest BCUT2D eigenvalue weighted by Gasteiger charge is 2.06. The highest BCUT2D eigenvalue weighted by Crippen LogP contribution is 1.94. The Kier molecular flexibility index (Phi) is 2.37. The molecule has 5 heteroatoms. The van der Waals surface area contributed by atoms with Crippen LogP contribution in [0.15, 0.2) is 24.5 Å². The summed E-state index contributed by atoms with van der Waals surface area (Å²) in [5, 5.41) is 9.91. The molecule has 1 heterocycles. The van der Waals surface area contributed by atoms with Gasteiger partial charge in [-0.05, 0) is 12.1 Å². The summed E-state index contributed by atoms with van der Waals surface area (Å²) in [4.78, 5) is 24.7. The molecule has 2 amide bonds. The first kappa shape index (κ1) is 8.19. The summed E-state index contributed by atoms with van der Waals surface area (Å²) in [6.45, 7) is 0. The molecule has 0 radical (unpaired) electrons. The van der Waals surface area contributed by atoms with Crippen LogP contribution in [0.25, 0.3) is 0 Å². The van der Waals surface area contributed by atoms with Gasteiger partial charge in [-0.25, -0.2) is 4.79 Å². The van der Waals surface area contributed by atoms with Crippen molar-refractivity contribution in [3.63, 3.8) is 0 Å². The van der Waals surface area contributed by atoms with Crippen molar-refractivity contribution in [2.75, 3.05) is 0 Å². The maximum Gasteiger partial charge on any atom is 0.411 e. The normalized spacial score (nSPS) is 9.00. The van der Waals surface area contributed by atoms with Gasteiger partial charge in [0.05, 0.1) is 0 Å². The molecule has 0 spiro atoms. The third-order valence-electron chi connectivity index (χ3n) is 1.16. The largest absolute Gasteiger partial charge is 0.465 e. The zero-order valence-corrected chi connectivity index (χ0v) is 6.02. The van der Waals surface area contributed by atoms with Crippen LogP contribution in [-0.2, 0) is 0 Å². The lowest BCUT2D eigenvalue weighted by molar-refractivity contribution is 0.0948. The Morgan fingerprint density at radius 1 is 1.33 bits per heavy atom. The lowest BCUT2D eigenvalue weighted by Crippen LogP contribution is -2.28. The molecule has 0 fully saturated rings. The third-order valence-corrected chi connectivity index (χ3v) is 1.16. The molecule has 0 saturated heterocycles. The van der Waals surface area contributed by atoms with Crippen LogP contribution < -0.4 is 5.32 Å². The maximum atomic E-state index is 10.9. The van der Waals surface area contributed by atoms with E-state index in [0.717, 1.165) is 0 Å². The van der Waals surface area contributed by atoms with E-state index in [1.54, 1.807) is 5.32 Å². The predicted octanol–water partition coefficient (Wildman–Crippen LogP) is 0.489. The number of nitrogens with one attached hydrogen (secondary N) is 1. The number of imide groups is 1. The molecule has 0 aliphatic rings. The standard InChI is InChI=1S/C7H6N2O3/c10-6(9-7(11)12)5-1-3-8-4-2-5/h1-4H,(H,9,10)(H,11,12). The van der Waals surface area contributed by atoms with Gasteiger partial charge < -0.3 is 5.11 Å². The molecule has 0 bridgehead atoms. The molecular weight excluding hydrogens is 160 g/mol. The monoisotopic (exact) mass is 166 g/mol. The fourth-order valence-electron chi connectivity index (χ4n) is 0.673. The van der Waals surface area contributed by atoms with E-state index in [0.29, 0.717) is 0 Å². The molecule has 0 saturated carbocycles. The van der Waals surface area contributed by atoms with Gasteiger partial charge in [-0.15, -0.1) is 0 Å². The number of carbonyl (C=O) groups excluding carboxylic acids is 1. The van der Waals surface area contributed by atoms with E-state index in [9.17, 15) is 9.59 Å². The van der Waals surface area contributed by atoms with Crippen molar-refractivity contribution in [2.24, 2.45) is 0 Å². The first-order chi connectivity index (χ1) is 5.70. The lowest BCUT2D eigenvalue weighted by Gasteiger charge is -1.97. The minimum atomic E-state index is -1.36. The smallest absolute Gasteiger partial charge is 0.411 e. The SMILES string of the molecule is O=C(O)NC(=O)c1ccncc1. The number of nitrogens with zero attached hydrogens (tertiary/aromatic N) is 1. The molecule has 0 aromatic carbocycles. The van der Waals surface area contributed by atoms with E-state index in [1.165, 1.54) is 24.5 Å². The van der Waals surface area contributed by atoms with E-state index >= 15 is 0 Å². The van der Waals surface area contributed by atoms with Crippen LogP contribution in [0.2, 0.25) is 0 Å². The van der Waals surface area contributed by atoms with Crippen LogP contribution in [0.3, 0.4) is 0 Å². The van der Waals surface area contributed by atoms with E-state index in [2.05, 4.69) is 4.98 Å². The summed E-state index contributed by atoms with van der Waals surface area (Å²) in [7, 11) is 0. The molecule has 1 aromatic heterocycles. The summed E-state index contributed by atoms with van der Waals surface area (Å²) < 4.78 is 0. The van der Waals surface area contributed by atoms with Gasteiger partial charge in [0.1, 0.15) is 0 Å². The quantitative estimate of drug-likeness (QED) is 0.636. The third kappa shape index (κ3) is 2.05. The van der Waals surface area contributed by atoms with E-state index in [-0.39, 0.29) is 5.56 Å². The Morgan fingerprint density at radius 3 is 2.42 bits per heavy atom. The van der Waals surface area contributed by atoms with Crippen molar-refractivity contribution in [1.29, 1.82) is 0 Å². The average Bonchev–Trinajstić information content (AvgIpc) is 2.05. The van der Waals surface area contributed by atoms with Crippen molar-refractivity contribution in [3.05, 3.63) is 30.1 Å². The fraction of sp³-hybridized carbons (Fsp3) is 0. The summed E-state index contributed by atoms with van der Waals surface area (Å²) in [5.41, 5.74) is 0.271. The number of aromatic nitrogens is 1. The van der Waals surface area contributed by atoms with Crippen molar-refractivity contribution >= 4 is 12.0 Å². The van der Waals surface area contributed by atoms with Crippen molar-refractivity contribution in [2.45, 2.75) is 0 Å². The van der Waals surface area contributed by atoms with Crippen LogP contribution in [0.5, 0.6) is 0 Å². The molecule has 5 nitrogen and oxygen atoms in total.